The lowest BCUT2D eigenvalue weighted by molar-refractivity contribution is 0.0996. The lowest BCUT2D eigenvalue weighted by Gasteiger charge is -2.01. The summed E-state index contributed by atoms with van der Waals surface area (Å²) in [7, 11) is 1.45. The van der Waals surface area contributed by atoms with Crippen LogP contribution in [0.15, 0.2) is 52.9 Å². The van der Waals surface area contributed by atoms with Crippen LogP contribution in [0.25, 0.3) is 22.1 Å². The molecule has 4 heteroatoms. The lowest BCUT2D eigenvalue weighted by atomic mass is 10.0. The number of carbonyl (C=O) groups is 1. The van der Waals surface area contributed by atoms with E-state index in [2.05, 4.69) is 0 Å². The van der Waals surface area contributed by atoms with Gasteiger partial charge in [0.2, 0.25) is 0 Å². The van der Waals surface area contributed by atoms with Crippen molar-refractivity contribution in [2.24, 2.45) is 5.73 Å². The Morgan fingerprint density at radius 3 is 2.50 bits per heavy atom. The summed E-state index contributed by atoms with van der Waals surface area (Å²) >= 11 is 0. The van der Waals surface area contributed by atoms with Gasteiger partial charge in [0.15, 0.2) is 0 Å². The molecule has 1 aromatic heterocycles. The van der Waals surface area contributed by atoms with Gasteiger partial charge < -0.3 is 14.9 Å². The molecule has 3 rings (SSSR count). The Balaban J connectivity index is 2.25. The first-order valence-electron chi connectivity index (χ1n) is 6.16. The molecule has 0 bridgehead atoms. The molecule has 20 heavy (non-hydrogen) atoms. The lowest BCUT2D eigenvalue weighted by Crippen LogP contribution is -2.11. The van der Waals surface area contributed by atoms with Crippen LogP contribution in [0.2, 0.25) is 0 Å². The number of hydrogen-bond donors (Lipinski definition) is 1. The molecule has 0 saturated heterocycles. The van der Waals surface area contributed by atoms with Crippen molar-refractivity contribution in [1.29, 1.82) is 0 Å². The molecule has 1 heterocycles. The molecule has 0 saturated carbocycles. The third kappa shape index (κ3) is 1.91. The number of fused-ring (bicyclic) bond motifs is 1. The monoisotopic (exact) mass is 267 g/mol. The number of methoxy groups -OCH3 is 1. The Kier molecular flexibility index (Phi) is 2.91. The van der Waals surface area contributed by atoms with Gasteiger partial charge in [0.05, 0.1) is 7.11 Å². The van der Waals surface area contributed by atoms with Gasteiger partial charge >= 0.3 is 0 Å². The van der Waals surface area contributed by atoms with Gasteiger partial charge in [-0.2, -0.15) is 0 Å². The average Bonchev–Trinajstić information content (AvgIpc) is 2.85. The van der Waals surface area contributed by atoms with Crippen molar-refractivity contribution in [1.82, 2.24) is 0 Å². The van der Waals surface area contributed by atoms with Crippen LogP contribution >= 0.6 is 0 Å². The maximum atomic E-state index is 11.6. The number of amides is 1. The van der Waals surface area contributed by atoms with Gasteiger partial charge in [-0.25, -0.2) is 0 Å². The van der Waals surface area contributed by atoms with Crippen molar-refractivity contribution in [2.75, 3.05) is 7.11 Å². The van der Waals surface area contributed by atoms with E-state index in [-0.39, 0.29) is 11.5 Å². The van der Waals surface area contributed by atoms with Crippen LogP contribution in [0, 0.1) is 0 Å². The largest absolute Gasteiger partial charge is 0.468 e. The molecule has 0 atom stereocenters. The van der Waals surface area contributed by atoms with E-state index in [0.717, 1.165) is 11.1 Å². The van der Waals surface area contributed by atoms with E-state index in [1.54, 1.807) is 0 Å². The van der Waals surface area contributed by atoms with Crippen LogP contribution in [0.4, 0.5) is 0 Å². The predicted octanol–water partition coefficient (Wildman–Crippen LogP) is 3.21. The van der Waals surface area contributed by atoms with Crippen molar-refractivity contribution in [3.63, 3.8) is 0 Å². The van der Waals surface area contributed by atoms with E-state index in [0.29, 0.717) is 11.0 Å². The van der Waals surface area contributed by atoms with Crippen LogP contribution in [-0.4, -0.2) is 13.0 Å². The van der Waals surface area contributed by atoms with E-state index in [1.165, 1.54) is 7.11 Å². The third-order valence-electron chi connectivity index (χ3n) is 3.19. The van der Waals surface area contributed by atoms with Gasteiger partial charge in [0.1, 0.15) is 11.1 Å². The summed E-state index contributed by atoms with van der Waals surface area (Å²) in [6.07, 6.45) is 0. The fourth-order valence-corrected chi connectivity index (χ4v) is 2.26. The number of primary amides is 1. The van der Waals surface area contributed by atoms with Crippen molar-refractivity contribution < 1.29 is 13.9 Å². The number of furan rings is 1. The normalized spacial score (nSPS) is 10.7. The molecule has 0 spiro atoms. The van der Waals surface area contributed by atoms with E-state index in [4.69, 9.17) is 14.9 Å². The zero-order chi connectivity index (χ0) is 14.1. The van der Waals surface area contributed by atoms with E-state index in [9.17, 15) is 4.79 Å². The van der Waals surface area contributed by atoms with Crippen LogP contribution in [0.5, 0.6) is 5.95 Å². The first-order chi connectivity index (χ1) is 9.70. The second-order valence-corrected chi connectivity index (χ2v) is 4.41. The summed E-state index contributed by atoms with van der Waals surface area (Å²) in [6, 6.07) is 15.5. The highest BCUT2D eigenvalue weighted by Crippen LogP contribution is 2.34. The van der Waals surface area contributed by atoms with Gasteiger partial charge in [0.25, 0.3) is 11.9 Å². The molecule has 100 valence electrons. The van der Waals surface area contributed by atoms with Crippen molar-refractivity contribution in [3.05, 3.63) is 54.1 Å². The minimum Gasteiger partial charge on any atom is -0.468 e. The molecular formula is C16H13NO3. The third-order valence-corrected chi connectivity index (χ3v) is 3.19. The number of nitrogens with two attached hydrogens (primary N) is 1. The zero-order valence-corrected chi connectivity index (χ0v) is 10.9. The van der Waals surface area contributed by atoms with E-state index >= 15 is 0 Å². The Bertz CT molecular complexity index is 775. The molecule has 3 aromatic rings. The molecule has 2 N–H and O–H groups in total. The summed E-state index contributed by atoms with van der Waals surface area (Å²) in [6.45, 7) is 0. The molecule has 0 aliphatic heterocycles. The maximum Gasteiger partial charge on any atom is 0.298 e. The van der Waals surface area contributed by atoms with Gasteiger partial charge in [-0.05, 0) is 23.3 Å². The van der Waals surface area contributed by atoms with Crippen LogP contribution in [0.3, 0.4) is 0 Å². The molecular weight excluding hydrogens is 254 g/mol. The predicted molar refractivity (Wildman–Crippen MR) is 76.7 cm³/mol. The quantitative estimate of drug-likeness (QED) is 0.792. The zero-order valence-electron chi connectivity index (χ0n) is 10.9. The molecule has 2 aromatic carbocycles. The minimum atomic E-state index is -0.564. The fourth-order valence-electron chi connectivity index (χ4n) is 2.26. The van der Waals surface area contributed by atoms with E-state index in [1.807, 2.05) is 48.5 Å². The van der Waals surface area contributed by atoms with Crippen LogP contribution in [0.1, 0.15) is 10.4 Å². The molecule has 4 nitrogen and oxygen atoms in total. The second kappa shape index (κ2) is 4.74. The molecule has 0 unspecified atom stereocenters. The second-order valence-electron chi connectivity index (χ2n) is 4.41. The smallest absolute Gasteiger partial charge is 0.298 e. The number of hydrogen-bond acceptors (Lipinski definition) is 3. The maximum absolute atomic E-state index is 11.6. The molecule has 1 amide bonds. The SMILES string of the molecule is COc1oc2ccc(-c3ccccc3)cc2c1C(N)=O. The molecule has 0 fully saturated rings. The molecule has 0 aliphatic rings. The van der Waals surface area contributed by atoms with Gasteiger partial charge in [0, 0.05) is 5.39 Å². The highest BCUT2D eigenvalue weighted by atomic mass is 16.6. The van der Waals surface area contributed by atoms with Gasteiger partial charge in [-0.3, -0.25) is 4.79 Å². The Labute approximate surface area is 115 Å². The summed E-state index contributed by atoms with van der Waals surface area (Å²) in [5.41, 5.74) is 8.32. The number of benzene rings is 2. The highest BCUT2D eigenvalue weighted by Gasteiger charge is 2.20. The first-order valence-corrected chi connectivity index (χ1v) is 6.16. The summed E-state index contributed by atoms with van der Waals surface area (Å²) in [5.74, 6) is -0.413. The number of carbonyl (C=O) groups excluding carboxylic acids is 1. The Morgan fingerprint density at radius 1 is 1.10 bits per heavy atom. The Morgan fingerprint density at radius 2 is 1.85 bits per heavy atom. The van der Waals surface area contributed by atoms with Gasteiger partial charge in [-0.1, -0.05) is 36.4 Å². The van der Waals surface area contributed by atoms with Crippen LogP contribution in [-0.2, 0) is 0 Å². The topological polar surface area (TPSA) is 65.5 Å². The van der Waals surface area contributed by atoms with E-state index < -0.39 is 5.91 Å². The number of ether oxygens (including phenoxy) is 1. The summed E-state index contributed by atoms with van der Waals surface area (Å²) in [5, 5.41) is 0.663. The minimum absolute atomic E-state index is 0.151. The molecule has 0 radical (unpaired) electrons. The standard InChI is InChI=1S/C16H13NO3/c1-19-16-14(15(17)18)12-9-11(7-8-13(12)20-16)10-5-3-2-4-6-10/h2-9H,1H3,(H2,17,18). The van der Waals surface area contributed by atoms with Crippen LogP contribution < -0.4 is 10.5 Å². The first kappa shape index (κ1) is 12.3. The molecule has 0 aliphatic carbocycles. The Hall–Kier alpha value is -2.75. The fraction of sp³-hybridized carbons (Fsp3) is 0.0625. The highest BCUT2D eigenvalue weighted by molar-refractivity contribution is 6.08. The van der Waals surface area contributed by atoms with Gasteiger partial charge in [-0.15, -0.1) is 0 Å². The summed E-state index contributed by atoms with van der Waals surface area (Å²) < 4.78 is 10.5. The summed E-state index contributed by atoms with van der Waals surface area (Å²) in [4.78, 5) is 11.6. The van der Waals surface area contributed by atoms with Crippen molar-refractivity contribution >= 4 is 16.9 Å². The van der Waals surface area contributed by atoms with Crippen molar-refractivity contribution in [3.8, 4) is 17.1 Å². The average molecular weight is 267 g/mol. The number of rotatable bonds is 3. The van der Waals surface area contributed by atoms with Crippen molar-refractivity contribution in [2.45, 2.75) is 0 Å².